The van der Waals surface area contributed by atoms with Crippen LogP contribution >= 0.6 is 11.8 Å². The summed E-state index contributed by atoms with van der Waals surface area (Å²) in [6.45, 7) is 5.71. The molecule has 34 heavy (non-hydrogen) atoms. The molecule has 6 nitrogen and oxygen atoms in total. The summed E-state index contributed by atoms with van der Waals surface area (Å²) >= 11 is 1.54. The third-order valence-electron chi connectivity index (χ3n) is 4.53. The van der Waals surface area contributed by atoms with Gasteiger partial charge in [-0.15, -0.1) is 11.8 Å². The summed E-state index contributed by atoms with van der Waals surface area (Å²) in [5, 5.41) is 6.48. The Balaban J connectivity index is 1.73. The summed E-state index contributed by atoms with van der Waals surface area (Å²) in [5.74, 6) is 0.495. The Morgan fingerprint density at radius 1 is 1.03 bits per heavy atom. The van der Waals surface area contributed by atoms with E-state index in [0.29, 0.717) is 22.7 Å². The molecule has 0 unspecified atom stereocenters. The van der Waals surface area contributed by atoms with Crippen LogP contribution in [0.4, 0.5) is 18.0 Å². The van der Waals surface area contributed by atoms with Gasteiger partial charge in [-0.3, -0.25) is 0 Å². The minimum atomic E-state index is -4.57. The number of carbonyl (C=O) groups excluding carboxylic acids is 1. The molecule has 3 rings (SSSR count). The number of hydrogen-bond donors (Lipinski definition) is 1. The fraction of sp³-hybridized carbons (Fsp3) is 0.333. The minimum Gasteiger partial charge on any atom is -0.490 e. The number of nitrogens with zero attached hydrogens (tertiary/aromatic N) is 2. The smallest absolute Gasteiger partial charge is 0.435 e. The molecule has 0 fully saturated rings. The van der Waals surface area contributed by atoms with Crippen molar-refractivity contribution < 1.29 is 27.4 Å². The quantitative estimate of drug-likeness (QED) is 0.314. The van der Waals surface area contributed by atoms with Crippen molar-refractivity contribution in [3.05, 3.63) is 60.3 Å². The molecule has 0 aliphatic heterocycles. The second kappa shape index (κ2) is 10.4. The molecule has 0 aliphatic carbocycles. The lowest BCUT2D eigenvalue weighted by molar-refractivity contribution is -0.141. The van der Waals surface area contributed by atoms with Crippen molar-refractivity contribution in [2.75, 3.05) is 19.5 Å². The van der Waals surface area contributed by atoms with Gasteiger partial charge in [-0.25, -0.2) is 9.48 Å². The summed E-state index contributed by atoms with van der Waals surface area (Å²) < 4.78 is 52.0. The van der Waals surface area contributed by atoms with Crippen LogP contribution in [0.3, 0.4) is 0 Å². The van der Waals surface area contributed by atoms with E-state index in [1.807, 2.05) is 39.2 Å². The number of hydrogen-bond acceptors (Lipinski definition) is 5. The molecule has 1 N–H and O–H groups in total. The predicted molar refractivity (Wildman–Crippen MR) is 126 cm³/mol. The number of carbonyl (C=O) groups is 1. The Bertz CT molecular complexity index is 1110. The van der Waals surface area contributed by atoms with Gasteiger partial charge in [0, 0.05) is 16.0 Å². The van der Waals surface area contributed by atoms with Gasteiger partial charge in [0.25, 0.3) is 0 Å². The molecule has 3 aromatic rings. The van der Waals surface area contributed by atoms with E-state index in [9.17, 15) is 18.0 Å². The number of alkyl carbamates (subject to hydrolysis) is 1. The fourth-order valence-corrected chi connectivity index (χ4v) is 3.41. The van der Waals surface area contributed by atoms with Crippen molar-refractivity contribution in [1.29, 1.82) is 0 Å². The van der Waals surface area contributed by atoms with Crippen LogP contribution in [-0.2, 0) is 10.9 Å². The predicted octanol–water partition coefficient (Wildman–Crippen LogP) is 6.18. The number of ether oxygens (including phenoxy) is 2. The standard InChI is InChI=1S/C24H26F3N3O3S/c1-23(2,3)28-22(31)33-14-13-32-18-9-5-16(6-10-18)20-15-21(24(25,26)27)29-30(20)17-7-11-19(34-4)12-8-17/h5-12,15H,13-14H2,1-4H3,(H,28,31). The van der Waals surface area contributed by atoms with E-state index in [2.05, 4.69) is 10.4 Å². The molecule has 10 heteroatoms. The highest BCUT2D eigenvalue weighted by Crippen LogP contribution is 2.34. The van der Waals surface area contributed by atoms with Gasteiger partial charge >= 0.3 is 12.3 Å². The van der Waals surface area contributed by atoms with Gasteiger partial charge < -0.3 is 14.8 Å². The number of rotatable bonds is 7. The average molecular weight is 494 g/mol. The van der Waals surface area contributed by atoms with Crippen LogP contribution in [0.1, 0.15) is 26.5 Å². The average Bonchev–Trinajstić information content (AvgIpc) is 3.22. The molecule has 1 aromatic heterocycles. The van der Waals surface area contributed by atoms with Crippen LogP contribution in [0.25, 0.3) is 16.9 Å². The van der Waals surface area contributed by atoms with Crippen LogP contribution in [0.15, 0.2) is 59.5 Å². The highest BCUT2D eigenvalue weighted by molar-refractivity contribution is 7.98. The zero-order valence-corrected chi connectivity index (χ0v) is 20.1. The Morgan fingerprint density at radius 3 is 2.24 bits per heavy atom. The third kappa shape index (κ3) is 6.93. The number of alkyl halides is 3. The summed E-state index contributed by atoms with van der Waals surface area (Å²) in [6.07, 6.45) is -3.18. The van der Waals surface area contributed by atoms with E-state index in [1.165, 1.54) is 4.68 Å². The van der Waals surface area contributed by atoms with Crippen molar-refractivity contribution in [3.63, 3.8) is 0 Å². The van der Waals surface area contributed by atoms with E-state index in [-0.39, 0.29) is 13.2 Å². The molecule has 0 aliphatic rings. The van der Waals surface area contributed by atoms with Gasteiger partial charge in [-0.2, -0.15) is 18.3 Å². The maximum atomic E-state index is 13.4. The van der Waals surface area contributed by atoms with E-state index in [4.69, 9.17) is 9.47 Å². The normalized spacial score (nSPS) is 11.9. The number of thioether (sulfide) groups is 1. The lowest BCUT2D eigenvalue weighted by Gasteiger charge is -2.19. The number of benzene rings is 2. The van der Waals surface area contributed by atoms with Gasteiger partial charge in [-0.1, -0.05) is 0 Å². The summed E-state index contributed by atoms with van der Waals surface area (Å²) in [5.41, 5.74) is 0.00308. The second-order valence-corrected chi connectivity index (χ2v) is 9.29. The Kier molecular flexibility index (Phi) is 7.81. The molecule has 2 aromatic carbocycles. The first kappa shape index (κ1) is 25.5. The maximum Gasteiger partial charge on any atom is 0.435 e. The van der Waals surface area contributed by atoms with E-state index >= 15 is 0 Å². The van der Waals surface area contributed by atoms with E-state index in [1.54, 1.807) is 48.2 Å². The van der Waals surface area contributed by atoms with Crippen LogP contribution in [0.5, 0.6) is 5.75 Å². The van der Waals surface area contributed by atoms with Crippen LogP contribution in [0, 0.1) is 0 Å². The lowest BCUT2D eigenvalue weighted by Crippen LogP contribution is -2.41. The zero-order chi connectivity index (χ0) is 24.9. The molecule has 182 valence electrons. The summed E-state index contributed by atoms with van der Waals surface area (Å²) in [6, 6.07) is 14.8. The Morgan fingerprint density at radius 2 is 1.68 bits per heavy atom. The van der Waals surface area contributed by atoms with Gasteiger partial charge in [0.1, 0.15) is 19.0 Å². The maximum absolute atomic E-state index is 13.4. The number of halogens is 3. The van der Waals surface area contributed by atoms with Gasteiger partial charge in [0.05, 0.1) is 11.4 Å². The minimum absolute atomic E-state index is 0.0530. The SMILES string of the molecule is CSc1ccc(-n2nc(C(F)(F)F)cc2-c2ccc(OCCOC(=O)NC(C)(C)C)cc2)cc1. The molecule has 0 atom stereocenters. The largest absolute Gasteiger partial charge is 0.490 e. The third-order valence-corrected chi connectivity index (χ3v) is 5.27. The van der Waals surface area contributed by atoms with Crippen LogP contribution in [0.2, 0.25) is 0 Å². The molecule has 1 amide bonds. The Hall–Kier alpha value is -3.14. The summed E-state index contributed by atoms with van der Waals surface area (Å²) in [4.78, 5) is 12.6. The van der Waals surface area contributed by atoms with Gasteiger partial charge in [-0.05, 0) is 81.6 Å². The number of aromatic nitrogens is 2. The van der Waals surface area contributed by atoms with Crippen LogP contribution < -0.4 is 10.1 Å². The first-order chi connectivity index (χ1) is 16.0. The first-order valence-corrected chi connectivity index (χ1v) is 11.7. The zero-order valence-electron chi connectivity index (χ0n) is 19.3. The molecular formula is C24H26F3N3O3S. The first-order valence-electron chi connectivity index (χ1n) is 10.5. The molecule has 0 saturated carbocycles. The topological polar surface area (TPSA) is 65.4 Å². The number of nitrogens with one attached hydrogen (secondary N) is 1. The molecule has 0 saturated heterocycles. The van der Waals surface area contributed by atoms with Crippen molar-refractivity contribution in [1.82, 2.24) is 15.1 Å². The molecular weight excluding hydrogens is 467 g/mol. The monoisotopic (exact) mass is 493 g/mol. The number of amides is 1. The Labute approximate surface area is 200 Å². The molecule has 0 bridgehead atoms. The van der Waals surface area contributed by atoms with Gasteiger partial charge in [0.2, 0.25) is 0 Å². The highest BCUT2D eigenvalue weighted by atomic mass is 32.2. The van der Waals surface area contributed by atoms with E-state index < -0.39 is 23.5 Å². The highest BCUT2D eigenvalue weighted by Gasteiger charge is 2.35. The van der Waals surface area contributed by atoms with Crippen molar-refractivity contribution in [2.24, 2.45) is 0 Å². The van der Waals surface area contributed by atoms with Crippen molar-refractivity contribution in [3.8, 4) is 22.7 Å². The summed E-state index contributed by atoms with van der Waals surface area (Å²) in [7, 11) is 0. The molecule has 0 radical (unpaired) electrons. The van der Waals surface area contributed by atoms with Gasteiger partial charge in [0.15, 0.2) is 5.69 Å². The molecule has 1 heterocycles. The van der Waals surface area contributed by atoms with Crippen molar-refractivity contribution in [2.45, 2.75) is 37.4 Å². The lowest BCUT2D eigenvalue weighted by atomic mass is 10.1. The van der Waals surface area contributed by atoms with Crippen molar-refractivity contribution >= 4 is 17.9 Å². The van der Waals surface area contributed by atoms with E-state index in [0.717, 1.165) is 11.0 Å². The fourth-order valence-electron chi connectivity index (χ4n) is 3.00. The van der Waals surface area contributed by atoms with Crippen LogP contribution in [-0.4, -0.2) is 40.9 Å². The second-order valence-electron chi connectivity index (χ2n) is 8.41. The molecule has 0 spiro atoms.